The van der Waals surface area contributed by atoms with Crippen LogP contribution in [-0.2, 0) is 11.0 Å². The van der Waals surface area contributed by atoms with Gasteiger partial charge >= 0.3 is 6.18 Å². The second kappa shape index (κ2) is 9.84. The summed E-state index contributed by atoms with van der Waals surface area (Å²) < 4.78 is 40.4. The van der Waals surface area contributed by atoms with E-state index in [0.29, 0.717) is 43.7 Å². The predicted molar refractivity (Wildman–Crippen MR) is 129 cm³/mol. The van der Waals surface area contributed by atoms with Crippen molar-refractivity contribution < 1.29 is 22.8 Å². The number of aryl methyl sites for hydroxylation is 2. The van der Waals surface area contributed by atoms with Crippen LogP contribution >= 0.6 is 0 Å². The van der Waals surface area contributed by atoms with E-state index in [-0.39, 0.29) is 24.3 Å². The number of carbonyl (C=O) groups excluding carboxylic acids is 2. The summed E-state index contributed by atoms with van der Waals surface area (Å²) in [5, 5.41) is 9.07. The second-order valence-corrected chi connectivity index (χ2v) is 9.92. The highest BCUT2D eigenvalue weighted by molar-refractivity contribution is 5.94. The van der Waals surface area contributed by atoms with Crippen LogP contribution in [0.4, 0.5) is 18.9 Å². The van der Waals surface area contributed by atoms with Gasteiger partial charge in [-0.25, -0.2) is 0 Å². The molecule has 2 aliphatic rings. The van der Waals surface area contributed by atoms with Gasteiger partial charge in [0.15, 0.2) is 0 Å². The number of alkyl halides is 3. The number of benzene rings is 2. The molecule has 2 heterocycles. The molecule has 4 rings (SSSR count). The summed E-state index contributed by atoms with van der Waals surface area (Å²) in [6, 6.07) is 11.0. The second-order valence-electron chi connectivity index (χ2n) is 9.92. The number of anilines is 1. The molecule has 2 aliphatic heterocycles. The zero-order chi connectivity index (χ0) is 26.2. The van der Waals surface area contributed by atoms with E-state index in [2.05, 4.69) is 0 Å². The van der Waals surface area contributed by atoms with Gasteiger partial charge in [-0.1, -0.05) is 17.2 Å². The van der Waals surface area contributed by atoms with Crippen molar-refractivity contribution >= 4 is 17.5 Å². The van der Waals surface area contributed by atoms with E-state index in [9.17, 15) is 22.8 Å². The van der Waals surface area contributed by atoms with Crippen molar-refractivity contribution in [1.29, 1.82) is 5.26 Å². The van der Waals surface area contributed by atoms with Crippen LogP contribution < -0.4 is 10.6 Å². The zero-order valence-electron chi connectivity index (χ0n) is 20.3. The third-order valence-electron chi connectivity index (χ3n) is 7.43. The molecule has 2 N–H and O–H groups in total. The molecule has 2 saturated heterocycles. The molecule has 0 radical (unpaired) electrons. The lowest BCUT2D eigenvalue weighted by Crippen LogP contribution is -2.42. The highest BCUT2D eigenvalue weighted by Crippen LogP contribution is 2.40. The topological polar surface area (TPSA) is 90.4 Å². The smallest absolute Gasteiger partial charge is 0.370 e. The highest BCUT2D eigenvalue weighted by Gasteiger charge is 2.43. The van der Waals surface area contributed by atoms with Crippen molar-refractivity contribution in [3.05, 3.63) is 64.2 Å². The van der Waals surface area contributed by atoms with Gasteiger partial charge in [0, 0.05) is 37.4 Å². The van der Waals surface area contributed by atoms with Gasteiger partial charge in [-0.05, 0) is 68.9 Å². The Bertz CT molecular complexity index is 1190. The number of nitrogens with two attached hydrogens (primary N) is 1. The highest BCUT2D eigenvalue weighted by atomic mass is 19.4. The van der Waals surface area contributed by atoms with E-state index in [1.54, 1.807) is 11.0 Å². The van der Waals surface area contributed by atoms with E-state index in [0.717, 1.165) is 17.2 Å². The summed E-state index contributed by atoms with van der Waals surface area (Å²) in [6.45, 7) is 5.63. The fourth-order valence-electron chi connectivity index (χ4n) is 5.69. The SMILES string of the molecule is Cc1cc(C)cc(C(=O)N2CCC([C@@H]3CN(c4ccc(C#N)c(C(F)(F)F)c4)C[C@H]3C(N)=O)CC2)c1. The Morgan fingerprint density at radius 2 is 1.67 bits per heavy atom. The van der Waals surface area contributed by atoms with E-state index >= 15 is 0 Å². The lowest BCUT2D eigenvalue weighted by molar-refractivity contribution is -0.137. The molecule has 2 amide bonds. The predicted octanol–water partition coefficient (Wildman–Crippen LogP) is 4.28. The quantitative estimate of drug-likeness (QED) is 0.681. The number of likely N-dealkylation sites (tertiary alicyclic amines) is 1. The summed E-state index contributed by atoms with van der Waals surface area (Å²) in [6.07, 6.45) is -3.27. The van der Waals surface area contributed by atoms with Gasteiger partial charge in [0.05, 0.1) is 23.1 Å². The standard InChI is InChI=1S/C27H29F3N4O2/c1-16-9-17(2)11-20(10-16)26(36)33-7-5-18(6-8-33)22-14-34(15-23(22)25(32)35)21-4-3-19(13-31)24(12-21)27(28,29)30/h3-4,9-12,18,22-23H,5-8,14-15H2,1-2H3,(H2,32,35)/t22-,23+/m0/s1. The number of piperidine rings is 1. The number of rotatable bonds is 4. The van der Waals surface area contributed by atoms with E-state index in [4.69, 9.17) is 11.0 Å². The molecule has 2 aromatic rings. The largest absolute Gasteiger partial charge is 0.417 e. The number of nitrogens with zero attached hydrogens (tertiary/aromatic N) is 3. The number of primary amides is 1. The van der Waals surface area contributed by atoms with Gasteiger partial charge in [-0.2, -0.15) is 18.4 Å². The molecule has 6 nitrogen and oxygen atoms in total. The van der Waals surface area contributed by atoms with E-state index in [1.165, 1.54) is 12.1 Å². The summed E-state index contributed by atoms with van der Waals surface area (Å²) in [7, 11) is 0. The Labute approximate surface area is 208 Å². The summed E-state index contributed by atoms with van der Waals surface area (Å²) >= 11 is 0. The fraction of sp³-hybridized carbons (Fsp3) is 0.444. The average Bonchev–Trinajstić information content (AvgIpc) is 3.28. The normalized spacial score (nSPS) is 20.9. The lowest BCUT2D eigenvalue weighted by atomic mass is 9.78. The fourth-order valence-corrected chi connectivity index (χ4v) is 5.69. The first kappa shape index (κ1) is 25.5. The number of halogens is 3. The van der Waals surface area contributed by atoms with Crippen molar-refractivity contribution in [1.82, 2.24) is 4.90 Å². The third kappa shape index (κ3) is 5.18. The van der Waals surface area contributed by atoms with Crippen molar-refractivity contribution in [2.75, 3.05) is 31.1 Å². The van der Waals surface area contributed by atoms with Gasteiger partial charge < -0.3 is 15.5 Å². The molecule has 190 valence electrons. The van der Waals surface area contributed by atoms with Crippen LogP contribution in [0.1, 0.15) is 45.5 Å². The average molecular weight is 499 g/mol. The molecule has 36 heavy (non-hydrogen) atoms. The minimum absolute atomic E-state index is 0.0167. The van der Waals surface area contributed by atoms with E-state index < -0.39 is 29.1 Å². The van der Waals surface area contributed by atoms with Gasteiger partial charge in [0.1, 0.15) is 0 Å². The number of amides is 2. The molecule has 0 saturated carbocycles. The molecule has 2 fully saturated rings. The van der Waals surface area contributed by atoms with Crippen molar-refractivity contribution in [3.8, 4) is 6.07 Å². The minimum atomic E-state index is -4.65. The number of hydrogen-bond donors (Lipinski definition) is 1. The molecule has 2 atom stereocenters. The molecule has 0 unspecified atom stereocenters. The van der Waals surface area contributed by atoms with Crippen LogP contribution in [0.5, 0.6) is 0 Å². The first-order valence-electron chi connectivity index (χ1n) is 12.0. The van der Waals surface area contributed by atoms with Crippen molar-refractivity contribution in [2.45, 2.75) is 32.9 Å². The van der Waals surface area contributed by atoms with Crippen LogP contribution in [0.2, 0.25) is 0 Å². The van der Waals surface area contributed by atoms with Crippen LogP contribution in [-0.4, -0.2) is 42.9 Å². The molecule has 0 aliphatic carbocycles. The van der Waals surface area contributed by atoms with Gasteiger partial charge in [-0.3, -0.25) is 9.59 Å². The Hall–Kier alpha value is -3.54. The first-order chi connectivity index (χ1) is 17.0. The molecular weight excluding hydrogens is 469 g/mol. The Balaban J connectivity index is 1.48. The van der Waals surface area contributed by atoms with E-state index in [1.807, 2.05) is 36.9 Å². The van der Waals surface area contributed by atoms with Crippen LogP contribution in [0.3, 0.4) is 0 Å². The molecule has 9 heteroatoms. The monoisotopic (exact) mass is 498 g/mol. The summed E-state index contributed by atoms with van der Waals surface area (Å²) in [5.41, 5.74) is 7.32. The van der Waals surface area contributed by atoms with Gasteiger partial charge in [0.25, 0.3) is 5.91 Å². The number of carbonyl (C=O) groups is 2. The molecule has 2 aromatic carbocycles. The summed E-state index contributed by atoms with van der Waals surface area (Å²) in [5.74, 6) is -0.984. The van der Waals surface area contributed by atoms with Gasteiger partial charge in [-0.15, -0.1) is 0 Å². The van der Waals surface area contributed by atoms with Crippen LogP contribution in [0.25, 0.3) is 0 Å². The zero-order valence-corrected chi connectivity index (χ0v) is 20.3. The molecular formula is C27H29F3N4O2. The third-order valence-corrected chi connectivity index (χ3v) is 7.43. The lowest BCUT2D eigenvalue weighted by Gasteiger charge is -2.36. The van der Waals surface area contributed by atoms with Crippen LogP contribution in [0, 0.1) is 42.9 Å². The molecule has 0 bridgehead atoms. The summed E-state index contributed by atoms with van der Waals surface area (Å²) in [4.78, 5) is 28.9. The van der Waals surface area contributed by atoms with Crippen molar-refractivity contribution in [3.63, 3.8) is 0 Å². The first-order valence-corrected chi connectivity index (χ1v) is 12.0. The minimum Gasteiger partial charge on any atom is -0.370 e. The number of nitriles is 1. The maximum atomic E-state index is 13.5. The Kier molecular flexibility index (Phi) is 6.98. The Morgan fingerprint density at radius 3 is 2.22 bits per heavy atom. The number of hydrogen-bond acceptors (Lipinski definition) is 4. The molecule has 0 spiro atoms. The Morgan fingerprint density at radius 1 is 1.03 bits per heavy atom. The van der Waals surface area contributed by atoms with Gasteiger partial charge in [0.2, 0.25) is 5.91 Å². The maximum Gasteiger partial charge on any atom is 0.417 e. The maximum absolute atomic E-state index is 13.5. The molecule has 0 aromatic heterocycles. The van der Waals surface area contributed by atoms with Crippen molar-refractivity contribution in [2.24, 2.45) is 23.5 Å². The van der Waals surface area contributed by atoms with Crippen LogP contribution in [0.15, 0.2) is 36.4 Å².